The maximum atomic E-state index is 12.4. The molecule has 0 saturated carbocycles. The summed E-state index contributed by atoms with van der Waals surface area (Å²) < 4.78 is 5.52. The molecule has 0 unspecified atom stereocenters. The molecular weight excluding hydrogens is 306 g/mol. The normalized spacial score (nSPS) is 15.0. The van der Waals surface area contributed by atoms with Crippen molar-refractivity contribution in [3.05, 3.63) is 54.4 Å². The van der Waals surface area contributed by atoms with Crippen LogP contribution < -0.4 is 4.74 Å². The Labute approximate surface area is 141 Å². The standard InChI is InChI=1S/C18H21N3O3/c22-17(14-24-15-6-2-1-3-7-15)20-10-5-11-21(13-12-20)18(23)16-8-4-9-19-16/h1-4,6-9,19H,5,10-14H2. The number of para-hydroxylation sites is 1. The molecule has 0 radical (unpaired) electrons. The van der Waals surface area contributed by atoms with Crippen molar-refractivity contribution in [1.29, 1.82) is 0 Å². The van der Waals surface area contributed by atoms with Crippen LogP contribution >= 0.6 is 0 Å². The lowest BCUT2D eigenvalue weighted by Gasteiger charge is -2.22. The zero-order valence-electron chi connectivity index (χ0n) is 13.5. The number of carbonyl (C=O) groups excluding carboxylic acids is 2. The second kappa shape index (κ2) is 7.68. The van der Waals surface area contributed by atoms with Crippen LogP contribution in [0.2, 0.25) is 0 Å². The zero-order valence-corrected chi connectivity index (χ0v) is 13.5. The van der Waals surface area contributed by atoms with Gasteiger partial charge < -0.3 is 19.5 Å². The van der Waals surface area contributed by atoms with Crippen molar-refractivity contribution in [2.45, 2.75) is 6.42 Å². The van der Waals surface area contributed by atoms with Crippen molar-refractivity contribution in [3.8, 4) is 5.75 Å². The summed E-state index contributed by atoms with van der Waals surface area (Å²) >= 11 is 0. The summed E-state index contributed by atoms with van der Waals surface area (Å²) in [4.78, 5) is 31.2. The van der Waals surface area contributed by atoms with Gasteiger partial charge in [-0.2, -0.15) is 0 Å². The summed E-state index contributed by atoms with van der Waals surface area (Å²) in [5, 5.41) is 0. The van der Waals surface area contributed by atoms with Crippen molar-refractivity contribution in [2.75, 3.05) is 32.8 Å². The highest BCUT2D eigenvalue weighted by atomic mass is 16.5. The summed E-state index contributed by atoms with van der Waals surface area (Å²) in [6, 6.07) is 12.9. The third-order valence-corrected chi connectivity index (χ3v) is 4.07. The largest absolute Gasteiger partial charge is 0.484 e. The summed E-state index contributed by atoms with van der Waals surface area (Å²) in [7, 11) is 0. The van der Waals surface area contributed by atoms with Crippen molar-refractivity contribution in [3.63, 3.8) is 0 Å². The van der Waals surface area contributed by atoms with Crippen LogP contribution in [0, 0.1) is 0 Å². The monoisotopic (exact) mass is 327 g/mol. The molecule has 1 fully saturated rings. The SMILES string of the molecule is O=C(COc1ccccc1)N1CCCN(C(=O)c2ccc[nH]2)CC1. The van der Waals surface area contributed by atoms with E-state index >= 15 is 0 Å². The molecule has 0 bridgehead atoms. The van der Waals surface area contributed by atoms with E-state index in [2.05, 4.69) is 4.98 Å². The molecule has 1 N–H and O–H groups in total. The fourth-order valence-electron chi connectivity index (χ4n) is 2.76. The first-order chi connectivity index (χ1) is 11.7. The second-order valence-electron chi connectivity index (χ2n) is 5.71. The molecule has 1 aromatic heterocycles. The smallest absolute Gasteiger partial charge is 0.270 e. The van der Waals surface area contributed by atoms with E-state index in [0.29, 0.717) is 37.6 Å². The number of ether oxygens (including phenoxy) is 1. The molecule has 0 atom stereocenters. The van der Waals surface area contributed by atoms with Gasteiger partial charge in [0.15, 0.2) is 6.61 Å². The fraction of sp³-hybridized carbons (Fsp3) is 0.333. The lowest BCUT2D eigenvalue weighted by Crippen LogP contribution is -2.39. The van der Waals surface area contributed by atoms with Gasteiger partial charge >= 0.3 is 0 Å². The maximum absolute atomic E-state index is 12.4. The second-order valence-corrected chi connectivity index (χ2v) is 5.71. The number of carbonyl (C=O) groups is 2. The van der Waals surface area contributed by atoms with Gasteiger partial charge in [-0.05, 0) is 30.7 Å². The predicted molar refractivity (Wildman–Crippen MR) is 89.8 cm³/mol. The van der Waals surface area contributed by atoms with Crippen molar-refractivity contribution in [1.82, 2.24) is 14.8 Å². The molecule has 2 amide bonds. The first kappa shape index (κ1) is 16.1. The average molecular weight is 327 g/mol. The number of nitrogens with one attached hydrogen (secondary N) is 1. The third kappa shape index (κ3) is 3.95. The van der Waals surface area contributed by atoms with E-state index < -0.39 is 0 Å². The number of hydrogen-bond donors (Lipinski definition) is 1. The minimum absolute atomic E-state index is 0.0187. The molecule has 1 saturated heterocycles. The van der Waals surface area contributed by atoms with E-state index in [4.69, 9.17) is 4.74 Å². The topological polar surface area (TPSA) is 65.6 Å². The van der Waals surface area contributed by atoms with E-state index in [9.17, 15) is 9.59 Å². The quantitative estimate of drug-likeness (QED) is 0.931. The Morgan fingerprint density at radius 3 is 2.46 bits per heavy atom. The molecule has 0 spiro atoms. The first-order valence-electron chi connectivity index (χ1n) is 8.12. The van der Waals surface area contributed by atoms with Crippen molar-refractivity contribution < 1.29 is 14.3 Å². The Morgan fingerprint density at radius 2 is 1.71 bits per heavy atom. The highest BCUT2D eigenvalue weighted by molar-refractivity contribution is 5.92. The molecule has 1 aliphatic rings. The molecule has 6 heteroatoms. The molecule has 1 aromatic carbocycles. The molecule has 126 valence electrons. The summed E-state index contributed by atoms with van der Waals surface area (Å²) in [5.74, 6) is 0.618. The minimum Gasteiger partial charge on any atom is -0.484 e. The van der Waals surface area contributed by atoms with Gasteiger partial charge in [0.25, 0.3) is 11.8 Å². The van der Waals surface area contributed by atoms with Crippen LogP contribution in [0.1, 0.15) is 16.9 Å². The minimum atomic E-state index is -0.0481. The van der Waals surface area contributed by atoms with Crippen LogP contribution in [-0.2, 0) is 4.79 Å². The Kier molecular flexibility index (Phi) is 5.15. The molecule has 0 aliphatic carbocycles. The van der Waals surface area contributed by atoms with E-state index in [1.807, 2.05) is 36.4 Å². The number of nitrogens with zero attached hydrogens (tertiary/aromatic N) is 2. The number of rotatable bonds is 4. The van der Waals surface area contributed by atoms with Crippen LogP contribution in [0.15, 0.2) is 48.7 Å². The van der Waals surface area contributed by atoms with Crippen LogP contribution in [0.25, 0.3) is 0 Å². The van der Waals surface area contributed by atoms with Crippen LogP contribution in [0.4, 0.5) is 0 Å². The number of hydrogen-bond acceptors (Lipinski definition) is 3. The number of aromatic amines is 1. The summed E-state index contributed by atoms with van der Waals surface area (Å²) in [6.07, 6.45) is 2.51. The van der Waals surface area contributed by atoms with E-state index in [1.54, 1.807) is 22.1 Å². The molecule has 6 nitrogen and oxygen atoms in total. The summed E-state index contributed by atoms with van der Waals surface area (Å²) in [5.41, 5.74) is 0.585. The van der Waals surface area contributed by atoms with Crippen molar-refractivity contribution >= 4 is 11.8 Å². The Morgan fingerprint density at radius 1 is 0.958 bits per heavy atom. The van der Waals surface area contributed by atoms with Gasteiger partial charge in [-0.3, -0.25) is 9.59 Å². The predicted octanol–water partition coefficient (Wildman–Crippen LogP) is 1.77. The highest BCUT2D eigenvalue weighted by Crippen LogP contribution is 2.11. The third-order valence-electron chi connectivity index (χ3n) is 4.07. The lowest BCUT2D eigenvalue weighted by molar-refractivity contribution is -0.133. The molecule has 2 heterocycles. The number of H-pyrrole nitrogens is 1. The van der Waals surface area contributed by atoms with E-state index in [0.717, 1.165) is 6.42 Å². The lowest BCUT2D eigenvalue weighted by atomic mass is 10.3. The Bertz CT molecular complexity index is 670. The fourth-order valence-corrected chi connectivity index (χ4v) is 2.76. The van der Waals surface area contributed by atoms with Gasteiger partial charge in [-0.1, -0.05) is 18.2 Å². The van der Waals surface area contributed by atoms with Gasteiger partial charge in [0.05, 0.1) is 0 Å². The van der Waals surface area contributed by atoms with Gasteiger partial charge in [-0.25, -0.2) is 0 Å². The Balaban J connectivity index is 1.51. The average Bonchev–Trinajstić information content (AvgIpc) is 3.04. The number of benzene rings is 1. The molecular formula is C18H21N3O3. The highest BCUT2D eigenvalue weighted by Gasteiger charge is 2.23. The van der Waals surface area contributed by atoms with Crippen LogP contribution in [0.5, 0.6) is 5.75 Å². The number of amides is 2. The molecule has 24 heavy (non-hydrogen) atoms. The van der Waals surface area contributed by atoms with E-state index in [1.165, 1.54) is 0 Å². The van der Waals surface area contributed by atoms with Crippen molar-refractivity contribution in [2.24, 2.45) is 0 Å². The molecule has 2 aromatic rings. The van der Waals surface area contributed by atoms with E-state index in [-0.39, 0.29) is 18.4 Å². The maximum Gasteiger partial charge on any atom is 0.270 e. The summed E-state index contributed by atoms with van der Waals surface area (Å²) in [6.45, 7) is 2.39. The molecule has 3 rings (SSSR count). The molecule has 1 aliphatic heterocycles. The van der Waals surface area contributed by atoms with Gasteiger partial charge in [-0.15, -0.1) is 0 Å². The first-order valence-corrected chi connectivity index (χ1v) is 8.12. The Hall–Kier alpha value is -2.76. The van der Waals surface area contributed by atoms with Gasteiger partial charge in [0, 0.05) is 32.4 Å². The van der Waals surface area contributed by atoms with Gasteiger partial charge in [0.2, 0.25) is 0 Å². The zero-order chi connectivity index (χ0) is 16.8. The van der Waals surface area contributed by atoms with Gasteiger partial charge in [0.1, 0.15) is 11.4 Å². The van der Waals surface area contributed by atoms with Crippen LogP contribution in [0.3, 0.4) is 0 Å². The number of aromatic nitrogens is 1. The van der Waals surface area contributed by atoms with Crippen LogP contribution in [-0.4, -0.2) is 59.4 Å².